The molecule has 0 aliphatic rings. The Labute approximate surface area is 152 Å². The summed E-state index contributed by atoms with van der Waals surface area (Å²) in [7, 11) is 1.35. The zero-order valence-electron chi connectivity index (χ0n) is 14.6. The van der Waals surface area contributed by atoms with Crippen LogP contribution in [0, 0.1) is 0 Å². The molecule has 0 spiro atoms. The van der Waals surface area contributed by atoms with Gasteiger partial charge in [-0.15, -0.1) is 0 Å². The van der Waals surface area contributed by atoms with Crippen LogP contribution in [0.5, 0.6) is 11.5 Å². The Morgan fingerprint density at radius 1 is 1.33 bits per heavy atom. The fourth-order valence-electron chi connectivity index (χ4n) is 2.71. The van der Waals surface area contributed by atoms with Gasteiger partial charge in [0.05, 0.1) is 26.1 Å². The first kappa shape index (κ1) is 18.8. The number of fused-ring (bicyclic) bond motifs is 1. The van der Waals surface area contributed by atoms with Crippen LogP contribution in [0.1, 0.15) is 18.3 Å². The number of H-pyrrole nitrogens is 1. The number of aromatic amines is 1. The van der Waals surface area contributed by atoms with Gasteiger partial charge in [0.15, 0.2) is 22.7 Å². The fraction of sp³-hybridized carbons (Fsp3) is 0.353. The molecule has 0 amide bonds. The molecular weight excluding hydrogens is 362 g/mol. The second-order valence-electron chi connectivity index (χ2n) is 5.97. The summed E-state index contributed by atoms with van der Waals surface area (Å²) >= 11 is 0. The molecule has 0 bridgehead atoms. The number of ether oxygens (including phenoxy) is 2. The van der Waals surface area contributed by atoms with Gasteiger partial charge in [0.25, 0.3) is 5.56 Å². The van der Waals surface area contributed by atoms with Gasteiger partial charge in [0, 0.05) is 6.42 Å². The minimum atomic E-state index is -2.96. The van der Waals surface area contributed by atoms with Gasteiger partial charge in [-0.25, -0.2) is 9.97 Å². The predicted octanol–water partition coefficient (Wildman–Crippen LogP) is 1.70. The molecule has 0 radical (unpaired) electrons. The van der Waals surface area contributed by atoms with Crippen molar-refractivity contribution in [1.29, 1.82) is 0 Å². The minimum Gasteiger partial charge on any atom is -0.493 e. The van der Waals surface area contributed by atoms with Crippen LogP contribution in [0.25, 0.3) is 11.2 Å². The average molecular weight is 380 g/mol. The number of hydrogen-bond donors (Lipinski definition) is 2. The van der Waals surface area contributed by atoms with E-state index in [-0.39, 0.29) is 30.0 Å². The zero-order chi connectivity index (χ0) is 19.6. The lowest BCUT2D eigenvalue weighted by Crippen LogP contribution is -2.15. The van der Waals surface area contributed by atoms with Crippen molar-refractivity contribution in [1.82, 2.24) is 19.5 Å². The number of methoxy groups -OCH3 is 1. The highest BCUT2D eigenvalue weighted by Gasteiger charge is 2.14. The largest absolute Gasteiger partial charge is 0.493 e. The van der Waals surface area contributed by atoms with Gasteiger partial charge in [0.1, 0.15) is 5.82 Å². The highest BCUT2D eigenvalue weighted by molar-refractivity contribution is 5.69. The summed E-state index contributed by atoms with van der Waals surface area (Å²) in [4.78, 5) is 23.3. The normalized spacial score (nSPS) is 12.5. The van der Waals surface area contributed by atoms with E-state index in [4.69, 9.17) is 4.74 Å². The number of rotatable bonds is 7. The van der Waals surface area contributed by atoms with E-state index < -0.39 is 18.3 Å². The van der Waals surface area contributed by atoms with Crippen LogP contribution in [-0.4, -0.2) is 44.5 Å². The van der Waals surface area contributed by atoms with Crippen molar-refractivity contribution in [3.8, 4) is 11.5 Å². The molecule has 0 saturated carbocycles. The van der Waals surface area contributed by atoms with Crippen molar-refractivity contribution in [3.63, 3.8) is 0 Å². The van der Waals surface area contributed by atoms with Crippen LogP contribution < -0.4 is 15.0 Å². The molecule has 2 aromatic heterocycles. The summed E-state index contributed by atoms with van der Waals surface area (Å²) < 4.78 is 35.9. The number of halogens is 2. The quantitative estimate of drug-likeness (QED) is 0.647. The molecule has 3 aromatic rings. The van der Waals surface area contributed by atoms with Crippen LogP contribution in [0.15, 0.2) is 29.3 Å². The number of aliphatic hydroxyl groups excluding tert-OH is 1. The highest BCUT2D eigenvalue weighted by Crippen LogP contribution is 2.30. The molecule has 1 unspecified atom stereocenters. The third-order valence-corrected chi connectivity index (χ3v) is 3.80. The van der Waals surface area contributed by atoms with Gasteiger partial charge >= 0.3 is 6.61 Å². The minimum absolute atomic E-state index is 0.0804. The second kappa shape index (κ2) is 7.70. The van der Waals surface area contributed by atoms with Gasteiger partial charge in [-0.2, -0.15) is 8.78 Å². The molecule has 10 heteroatoms. The van der Waals surface area contributed by atoms with Crippen molar-refractivity contribution < 1.29 is 23.4 Å². The Morgan fingerprint density at radius 2 is 2.11 bits per heavy atom. The summed E-state index contributed by atoms with van der Waals surface area (Å²) in [6, 6.07) is 4.49. The van der Waals surface area contributed by atoms with Gasteiger partial charge in [-0.05, 0) is 24.6 Å². The lowest BCUT2D eigenvalue weighted by Gasteiger charge is -2.11. The van der Waals surface area contributed by atoms with E-state index in [1.807, 2.05) is 0 Å². The summed E-state index contributed by atoms with van der Waals surface area (Å²) in [6.07, 6.45) is 1.05. The third kappa shape index (κ3) is 4.22. The molecule has 1 aromatic carbocycles. The molecule has 3 rings (SSSR count). The Kier molecular flexibility index (Phi) is 5.36. The summed E-state index contributed by atoms with van der Waals surface area (Å²) in [5, 5.41) is 9.56. The first-order chi connectivity index (χ1) is 12.9. The molecule has 8 nitrogen and oxygen atoms in total. The van der Waals surface area contributed by atoms with E-state index in [0.29, 0.717) is 17.0 Å². The molecule has 2 N–H and O–H groups in total. The molecule has 144 valence electrons. The first-order valence-electron chi connectivity index (χ1n) is 8.11. The van der Waals surface area contributed by atoms with E-state index in [1.54, 1.807) is 17.6 Å². The number of hydrogen-bond acceptors (Lipinski definition) is 6. The SMILES string of the molecule is COc1cc(Cc2nc3c(ncn3CC(C)O)c(=O)[nH]2)ccc1OC(F)F. The monoisotopic (exact) mass is 380 g/mol. The maximum Gasteiger partial charge on any atom is 0.387 e. The van der Waals surface area contributed by atoms with Crippen LogP contribution in [-0.2, 0) is 13.0 Å². The molecule has 0 saturated heterocycles. The topological polar surface area (TPSA) is 102 Å². The number of nitrogens with one attached hydrogen (secondary N) is 1. The van der Waals surface area contributed by atoms with E-state index in [2.05, 4.69) is 19.7 Å². The van der Waals surface area contributed by atoms with E-state index >= 15 is 0 Å². The Morgan fingerprint density at radius 3 is 2.78 bits per heavy atom. The first-order valence-corrected chi connectivity index (χ1v) is 8.11. The maximum atomic E-state index is 12.4. The lowest BCUT2D eigenvalue weighted by atomic mass is 10.1. The number of imidazole rings is 1. The van der Waals surface area contributed by atoms with Crippen molar-refractivity contribution in [2.75, 3.05) is 7.11 Å². The molecule has 0 aliphatic heterocycles. The van der Waals surface area contributed by atoms with Gasteiger partial charge < -0.3 is 24.1 Å². The van der Waals surface area contributed by atoms with Gasteiger partial charge in [-0.1, -0.05) is 6.07 Å². The van der Waals surface area contributed by atoms with Gasteiger partial charge in [-0.3, -0.25) is 4.79 Å². The average Bonchev–Trinajstić information content (AvgIpc) is 2.98. The van der Waals surface area contributed by atoms with E-state index in [1.165, 1.54) is 25.6 Å². The smallest absolute Gasteiger partial charge is 0.387 e. The standard InChI is InChI=1S/C17H18F2N4O4/c1-9(24)7-23-8-20-14-15(23)21-13(22-16(14)25)6-10-3-4-11(27-17(18)19)12(5-10)26-2/h3-5,8-9,17,24H,6-7H2,1-2H3,(H,21,22,25). The lowest BCUT2D eigenvalue weighted by molar-refractivity contribution is -0.0512. The molecule has 27 heavy (non-hydrogen) atoms. The maximum absolute atomic E-state index is 12.4. The highest BCUT2D eigenvalue weighted by atomic mass is 19.3. The Balaban J connectivity index is 1.93. The molecule has 1 atom stereocenters. The van der Waals surface area contributed by atoms with Crippen molar-refractivity contribution in [3.05, 3.63) is 46.3 Å². The number of aromatic nitrogens is 4. The van der Waals surface area contributed by atoms with E-state index in [9.17, 15) is 18.7 Å². The number of aliphatic hydroxyl groups is 1. The van der Waals surface area contributed by atoms with Crippen LogP contribution in [0.4, 0.5) is 8.78 Å². The van der Waals surface area contributed by atoms with E-state index in [0.717, 1.165) is 0 Å². The van der Waals surface area contributed by atoms with Crippen LogP contribution >= 0.6 is 0 Å². The van der Waals surface area contributed by atoms with Crippen molar-refractivity contribution in [2.24, 2.45) is 0 Å². The van der Waals surface area contributed by atoms with Crippen molar-refractivity contribution >= 4 is 11.2 Å². The van der Waals surface area contributed by atoms with Crippen LogP contribution in [0.3, 0.4) is 0 Å². The number of benzene rings is 1. The summed E-state index contributed by atoms with van der Waals surface area (Å²) in [5.41, 5.74) is 0.818. The molecule has 0 aliphatic carbocycles. The Bertz CT molecular complexity index is 1000. The summed E-state index contributed by atoms with van der Waals surface area (Å²) in [6.45, 7) is -1.09. The number of nitrogens with zero attached hydrogens (tertiary/aromatic N) is 3. The van der Waals surface area contributed by atoms with Crippen LogP contribution in [0.2, 0.25) is 0 Å². The third-order valence-electron chi connectivity index (χ3n) is 3.80. The summed E-state index contributed by atoms with van der Waals surface area (Å²) in [5.74, 6) is 0.433. The Hall–Kier alpha value is -3.01. The molecular formula is C17H18F2N4O4. The molecule has 0 fully saturated rings. The zero-order valence-corrected chi connectivity index (χ0v) is 14.6. The second-order valence-corrected chi connectivity index (χ2v) is 5.97. The van der Waals surface area contributed by atoms with Crippen molar-refractivity contribution in [2.45, 2.75) is 32.6 Å². The molecule has 2 heterocycles. The fourth-order valence-corrected chi connectivity index (χ4v) is 2.71. The predicted molar refractivity (Wildman–Crippen MR) is 92.3 cm³/mol. The van der Waals surface area contributed by atoms with Gasteiger partial charge in [0.2, 0.25) is 0 Å². The number of alkyl halides is 2.